The number of nitrogens with one attached hydrogen (secondary N) is 1. The monoisotopic (exact) mass is 345 g/mol. The lowest BCUT2D eigenvalue weighted by Crippen LogP contribution is -2.42. The first kappa shape index (κ1) is 16.8. The number of thioether (sulfide) groups is 1. The van der Waals surface area contributed by atoms with E-state index in [1.54, 1.807) is 18.0 Å². The minimum Gasteiger partial charge on any atom is -0.365 e. The van der Waals surface area contributed by atoms with Crippen molar-refractivity contribution in [1.82, 2.24) is 19.9 Å². The SMILES string of the molecule is CSc1nccc(N2CCCC(Nc3ccnc(N(C)C)n3)C2)n1. The van der Waals surface area contributed by atoms with E-state index in [9.17, 15) is 0 Å². The molecule has 0 spiro atoms. The van der Waals surface area contributed by atoms with Crippen LogP contribution < -0.4 is 15.1 Å². The van der Waals surface area contributed by atoms with Crippen molar-refractivity contribution < 1.29 is 0 Å². The molecule has 3 heterocycles. The summed E-state index contributed by atoms with van der Waals surface area (Å²) in [5.41, 5.74) is 0. The predicted octanol–water partition coefficient (Wildman–Crippen LogP) is 2.14. The summed E-state index contributed by atoms with van der Waals surface area (Å²) in [6, 6.07) is 4.25. The summed E-state index contributed by atoms with van der Waals surface area (Å²) in [4.78, 5) is 21.9. The predicted molar refractivity (Wildman–Crippen MR) is 99.0 cm³/mol. The van der Waals surface area contributed by atoms with Crippen LogP contribution in [0.15, 0.2) is 29.7 Å². The second-order valence-corrected chi connectivity index (χ2v) is 6.74. The Morgan fingerprint density at radius 2 is 2.04 bits per heavy atom. The van der Waals surface area contributed by atoms with Gasteiger partial charge in [-0.3, -0.25) is 0 Å². The molecule has 0 bridgehead atoms. The second-order valence-electron chi connectivity index (χ2n) is 5.97. The maximum atomic E-state index is 4.61. The number of piperidine rings is 1. The molecule has 2 aromatic heterocycles. The Balaban J connectivity index is 1.68. The number of anilines is 3. The van der Waals surface area contributed by atoms with Crippen molar-refractivity contribution >= 4 is 29.3 Å². The highest BCUT2D eigenvalue weighted by molar-refractivity contribution is 7.98. The van der Waals surface area contributed by atoms with Crippen molar-refractivity contribution in [3.05, 3.63) is 24.5 Å². The smallest absolute Gasteiger partial charge is 0.226 e. The zero-order valence-electron chi connectivity index (χ0n) is 14.3. The van der Waals surface area contributed by atoms with E-state index in [1.165, 1.54) is 0 Å². The molecule has 128 valence electrons. The van der Waals surface area contributed by atoms with Crippen LogP contribution in [-0.4, -0.2) is 59.4 Å². The van der Waals surface area contributed by atoms with Gasteiger partial charge in [0.15, 0.2) is 5.16 Å². The average molecular weight is 345 g/mol. The first-order valence-corrected chi connectivity index (χ1v) is 9.27. The normalized spacial score (nSPS) is 17.6. The van der Waals surface area contributed by atoms with Crippen molar-refractivity contribution in [2.75, 3.05) is 48.6 Å². The van der Waals surface area contributed by atoms with Crippen molar-refractivity contribution in [1.29, 1.82) is 0 Å². The first-order chi connectivity index (χ1) is 11.7. The lowest BCUT2D eigenvalue weighted by Gasteiger charge is -2.34. The fraction of sp³-hybridized carbons (Fsp3) is 0.500. The summed E-state index contributed by atoms with van der Waals surface area (Å²) in [7, 11) is 3.89. The molecule has 1 N–H and O–H groups in total. The largest absolute Gasteiger partial charge is 0.365 e. The van der Waals surface area contributed by atoms with E-state index in [4.69, 9.17) is 0 Å². The standard InChI is InChI=1S/C16H23N7S/c1-22(2)15-17-8-6-13(20-15)19-12-5-4-10-23(11-12)14-7-9-18-16(21-14)24-3/h6-9,12H,4-5,10-11H2,1-3H3,(H,17,19,20). The van der Waals surface area contributed by atoms with Crippen LogP contribution in [-0.2, 0) is 0 Å². The van der Waals surface area contributed by atoms with Gasteiger partial charge in [0.2, 0.25) is 5.95 Å². The highest BCUT2D eigenvalue weighted by Crippen LogP contribution is 2.21. The Morgan fingerprint density at radius 1 is 1.21 bits per heavy atom. The molecule has 0 aromatic carbocycles. The number of hydrogen-bond acceptors (Lipinski definition) is 8. The van der Waals surface area contributed by atoms with Crippen LogP contribution in [0.3, 0.4) is 0 Å². The van der Waals surface area contributed by atoms with E-state index in [1.807, 2.05) is 43.6 Å². The molecule has 0 saturated carbocycles. The zero-order chi connectivity index (χ0) is 16.9. The highest BCUT2D eigenvalue weighted by Gasteiger charge is 2.21. The molecule has 1 aliphatic rings. The van der Waals surface area contributed by atoms with Crippen LogP contribution in [0.25, 0.3) is 0 Å². The fourth-order valence-corrected chi connectivity index (χ4v) is 3.11. The first-order valence-electron chi connectivity index (χ1n) is 8.04. The third-order valence-corrected chi connectivity index (χ3v) is 4.50. The van der Waals surface area contributed by atoms with Crippen LogP contribution in [0.2, 0.25) is 0 Å². The van der Waals surface area contributed by atoms with Gasteiger partial charge in [-0.15, -0.1) is 0 Å². The molecule has 8 heteroatoms. The maximum absolute atomic E-state index is 4.61. The number of hydrogen-bond donors (Lipinski definition) is 1. The van der Waals surface area contributed by atoms with Crippen LogP contribution in [0.4, 0.5) is 17.6 Å². The molecule has 2 aromatic rings. The third-order valence-electron chi connectivity index (χ3n) is 3.94. The van der Waals surface area contributed by atoms with Gasteiger partial charge < -0.3 is 15.1 Å². The lowest BCUT2D eigenvalue weighted by atomic mass is 10.1. The molecule has 0 aliphatic carbocycles. The summed E-state index contributed by atoms with van der Waals surface area (Å²) in [5, 5.41) is 4.35. The Kier molecular flexibility index (Phi) is 5.34. The van der Waals surface area contributed by atoms with Gasteiger partial charge in [0, 0.05) is 45.6 Å². The number of nitrogens with zero attached hydrogens (tertiary/aromatic N) is 6. The Bertz CT molecular complexity index is 679. The van der Waals surface area contributed by atoms with Gasteiger partial charge >= 0.3 is 0 Å². The van der Waals surface area contributed by atoms with E-state index < -0.39 is 0 Å². The van der Waals surface area contributed by atoms with E-state index in [2.05, 4.69) is 30.2 Å². The van der Waals surface area contributed by atoms with Crippen LogP contribution in [0, 0.1) is 0 Å². The molecular weight excluding hydrogens is 322 g/mol. The summed E-state index contributed by atoms with van der Waals surface area (Å²) in [5.74, 6) is 2.58. The zero-order valence-corrected chi connectivity index (χ0v) is 15.1. The Labute approximate surface area is 146 Å². The van der Waals surface area contributed by atoms with Crippen molar-refractivity contribution in [3.8, 4) is 0 Å². The van der Waals surface area contributed by atoms with Crippen LogP contribution in [0.1, 0.15) is 12.8 Å². The lowest BCUT2D eigenvalue weighted by molar-refractivity contribution is 0.524. The van der Waals surface area contributed by atoms with Gasteiger partial charge in [0.05, 0.1) is 0 Å². The third kappa shape index (κ3) is 4.05. The molecule has 0 amide bonds. The van der Waals surface area contributed by atoms with Gasteiger partial charge in [-0.1, -0.05) is 11.8 Å². The summed E-state index contributed by atoms with van der Waals surface area (Å²) in [6.45, 7) is 1.93. The second kappa shape index (κ2) is 7.65. The summed E-state index contributed by atoms with van der Waals surface area (Å²) >= 11 is 1.57. The molecule has 1 unspecified atom stereocenters. The quantitative estimate of drug-likeness (QED) is 0.653. The van der Waals surface area contributed by atoms with E-state index in [-0.39, 0.29) is 0 Å². The molecule has 1 saturated heterocycles. The summed E-state index contributed by atoms with van der Waals surface area (Å²) in [6.07, 6.45) is 7.87. The van der Waals surface area contributed by atoms with Crippen molar-refractivity contribution in [2.24, 2.45) is 0 Å². The maximum Gasteiger partial charge on any atom is 0.226 e. The molecule has 0 radical (unpaired) electrons. The van der Waals surface area contributed by atoms with Gasteiger partial charge in [0.1, 0.15) is 11.6 Å². The van der Waals surface area contributed by atoms with E-state index in [0.29, 0.717) is 12.0 Å². The fourth-order valence-electron chi connectivity index (χ4n) is 2.76. The van der Waals surface area contributed by atoms with Crippen LogP contribution in [0.5, 0.6) is 0 Å². The van der Waals surface area contributed by atoms with E-state index in [0.717, 1.165) is 42.7 Å². The van der Waals surface area contributed by atoms with Gasteiger partial charge in [-0.2, -0.15) is 4.98 Å². The molecule has 3 rings (SSSR count). The minimum absolute atomic E-state index is 0.344. The van der Waals surface area contributed by atoms with Gasteiger partial charge in [-0.05, 0) is 31.2 Å². The molecule has 24 heavy (non-hydrogen) atoms. The topological polar surface area (TPSA) is 70.1 Å². The molecule has 7 nitrogen and oxygen atoms in total. The van der Waals surface area contributed by atoms with Gasteiger partial charge in [-0.25, -0.2) is 15.0 Å². The van der Waals surface area contributed by atoms with Crippen molar-refractivity contribution in [2.45, 2.75) is 24.0 Å². The average Bonchev–Trinajstić information content (AvgIpc) is 2.62. The molecular formula is C16H23N7S. The molecule has 1 aliphatic heterocycles. The Morgan fingerprint density at radius 3 is 2.83 bits per heavy atom. The van der Waals surface area contributed by atoms with Crippen LogP contribution >= 0.6 is 11.8 Å². The molecule has 1 atom stereocenters. The van der Waals surface area contributed by atoms with Gasteiger partial charge in [0.25, 0.3) is 0 Å². The Hall–Kier alpha value is -2.09. The summed E-state index contributed by atoms with van der Waals surface area (Å²) < 4.78 is 0. The highest BCUT2D eigenvalue weighted by atomic mass is 32.2. The van der Waals surface area contributed by atoms with Crippen molar-refractivity contribution in [3.63, 3.8) is 0 Å². The molecule has 1 fully saturated rings. The van der Waals surface area contributed by atoms with E-state index >= 15 is 0 Å². The number of rotatable bonds is 5. The number of aromatic nitrogens is 4. The minimum atomic E-state index is 0.344.